The lowest BCUT2D eigenvalue weighted by Crippen LogP contribution is -2.12. The van der Waals surface area contributed by atoms with Gasteiger partial charge in [-0.05, 0) is 30.7 Å². The first-order chi connectivity index (χ1) is 8.43. The molecule has 0 bridgehead atoms. The zero-order valence-corrected chi connectivity index (χ0v) is 9.70. The molecule has 96 valence electrons. The summed E-state index contributed by atoms with van der Waals surface area (Å²) >= 11 is 0. The molecule has 0 radical (unpaired) electrons. The van der Waals surface area contributed by atoms with Crippen molar-refractivity contribution in [2.24, 2.45) is 5.73 Å². The Balaban J connectivity index is 2.52. The van der Waals surface area contributed by atoms with Gasteiger partial charge in [0.1, 0.15) is 5.82 Å². The number of benzene rings is 1. The number of rotatable bonds is 2. The molecule has 3 nitrogen and oxygen atoms in total. The SMILES string of the molecule is Cc1nccn1-c1ccc(C(F)(F)F)c(CN)c1. The minimum atomic E-state index is -4.38. The summed E-state index contributed by atoms with van der Waals surface area (Å²) < 4.78 is 39.8. The molecule has 2 rings (SSSR count). The topological polar surface area (TPSA) is 43.8 Å². The zero-order chi connectivity index (χ0) is 13.3. The average Bonchev–Trinajstić information content (AvgIpc) is 2.73. The third-order valence-electron chi connectivity index (χ3n) is 2.72. The number of halogens is 3. The largest absolute Gasteiger partial charge is 0.416 e. The molecular weight excluding hydrogens is 243 g/mol. The minimum absolute atomic E-state index is 0.0769. The second kappa shape index (κ2) is 4.45. The normalized spacial score (nSPS) is 11.8. The van der Waals surface area contributed by atoms with Gasteiger partial charge in [0.25, 0.3) is 0 Å². The molecule has 18 heavy (non-hydrogen) atoms. The van der Waals surface area contributed by atoms with Crippen LogP contribution in [0.25, 0.3) is 5.69 Å². The molecule has 1 aromatic heterocycles. The Morgan fingerprint density at radius 1 is 1.33 bits per heavy atom. The van der Waals surface area contributed by atoms with E-state index in [4.69, 9.17) is 5.73 Å². The highest BCUT2D eigenvalue weighted by molar-refractivity contribution is 5.42. The first-order valence-corrected chi connectivity index (χ1v) is 5.34. The smallest absolute Gasteiger partial charge is 0.326 e. The van der Waals surface area contributed by atoms with Gasteiger partial charge < -0.3 is 10.3 Å². The molecule has 0 fully saturated rings. The van der Waals surface area contributed by atoms with Crippen molar-refractivity contribution in [3.8, 4) is 5.69 Å². The summed E-state index contributed by atoms with van der Waals surface area (Å²) in [5, 5.41) is 0. The lowest BCUT2D eigenvalue weighted by molar-refractivity contribution is -0.138. The van der Waals surface area contributed by atoms with Crippen LogP contribution in [0.2, 0.25) is 0 Å². The average molecular weight is 255 g/mol. The highest BCUT2D eigenvalue weighted by atomic mass is 19.4. The molecule has 0 atom stereocenters. The molecule has 0 aliphatic carbocycles. The standard InChI is InChI=1S/C12H12F3N3/c1-8-17-4-5-18(8)10-2-3-11(12(13,14)15)9(6-10)7-16/h2-6H,7,16H2,1H3. The number of hydrogen-bond donors (Lipinski definition) is 1. The van der Waals surface area contributed by atoms with Crippen molar-refractivity contribution >= 4 is 0 Å². The second-order valence-corrected chi connectivity index (χ2v) is 3.89. The van der Waals surface area contributed by atoms with E-state index < -0.39 is 11.7 Å². The zero-order valence-electron chi connectivity index (χ0n) is 9.70. The van der Waals surface area contributed by atoms with E-state index >= 15 is 0 Å². The summed E-state index contributed by atoms with van der Waals surface area (Å²) in [6, 6.07) is 3.91. The Kier molecular flexibility index (Phi) is 3.13. The van der Waals surface area contributed by atoms with Gasteiger partial charge in [-0.15, -0.1) is 0 Å². The maximum absolute atomic E-state index is 12.7. The van der Waals surface area contributed by atoms with Crippen molar-refractivity contribution in [1.82, 2.24) is 9.55 Å². The predicted molar refractivity (Wildman–Crippen MR) is 61.2 cm³/mol. The maximum atomic E-state index is 12.7. The van der Waals surface area contributed by atoms with Crippen molar-refractivity contribution < 1.29 is 13.2 Å². The lowest BCUT2D eigenvalue weighted by Gasteiger charge is -2.14. The fraction of sp³-hybridized carbons (Fsp3) is 0.250. The Labute approximate surface area is 102 Å². The van der Waals surface area contributed by atoms with Gasteiger partial charge in [-0.25, -0.2) is 4.98 Å². The van der Waals surface area contributed by atoms with Crippen LogP contribution >= 0.6 is 0 Å². The number of nitrogens with two attached hydrogens (primary N) is 1. The Morgan fingerprint density at radius 2 is 2.06 bits per heavy atom. The number of imidazole rings is 1. The van der Waals surface area contributed by atoms with Crippen LogP contribution < -0.4 is 5.73 Å². The lowest BCUT2D eigenvalue weighted by atomic mass is 10.1. The van der Waals surface area contributed by atoms with Gasteiger partial charge in [0.05, 0.1) is 5.56 Å². The summed E-state index contributed by atoms with van der Waals surface area (Å²) in [6.07, 6.45) is -1.09. The van der Waals surface area contributed by atoms with Gasteiger partial charge >= 0.3 is 6.18 Å². The maximum Gasteiger partial charge on any atom is 0.416 e. The fourth-order valence-corrected chi connectivity index (χ4v) is 1.83. The predicted octanol–water partition coefficient (Wildman–Crippen LogP) is 2.66. The van der Waals surface area contributed by atoms with Crippen LogP contribution in [0, 0.1) is 6.92 Å². The number of alkyl halides is 3. The molecule has 2 N–H and O–H groups in total. The molecule has 0 aliphatic rings. The van der Waals surface area contributed by atoms with Crippen molar-refractivity contribution in [1.29, 1.82) is 0 Å². The van der Waals surface area contributed by atoms with Crippen LogP contribution in [0.15, 0.2) is 30.6 Å². The highest BCUT2D eigenvalue weighted by Crippen LogP contribution is 2.32. The quantitative estimate of drug-likeness (QED) is 0.896. The fourth-order valence-electron chi connectivity index (χ4n) is 1.83. The van der Waals surface area contributed by atoms with E-state index in [1.807, 2.05) is 0 Å². The number of aryl methyl sites for hydroxylation is 1. The monoisotopic (exact) mass is 255 g/mol. The molecule has 0 saturated carbocycles. The molecule has 6 heteroatoms. The Morgan fingerprint density at radius 3 is 2.56 bits per heavy atom. The molecule has 1 aromatic carbocycles. The van der Waals surface area contributed by atoms with E-state index in [-0.39, 0.29) is 12.1 Å². The van der Waals surface area contributed by atoms with Crippen LogP contribution in [-0.2, 0) is 12.7 Å². The van der Waals surface area contributed by atoms with Crippen LogP contribution in [0.1, 0.15) is 17.0 Å². The summed E-state index contributed by atoms with van der Waals surface area (Å²) in [4.78, 5) is 4.03. The van der Waals surface area contributed by atoms with E-state index in [2.05, 4.69) is 4.98 Å². The van der Waals surface area contributed by atoms with E-state index in [0.717, 1.165) is 6.07 Å². The molecule has 0 amide bonds. The van der Waals surface area contributed by atoms with Crippen molar-refractivity contribution in [2.45, 2.75) is 19.6 Å². The highest BCUT2D eigenvalue weighted by Gasteiger charge is 2.32. The molecule has 0 saturated heterocycles. The second-order valence-electron chi connectivity index (χ2n) is 3.89. The first-order valence-electron chi connectivity index (χ1n) is 5.34. The molecule has 1 heterocycles. The van der Waals surface area contributed by atoms with Crippen LogP contribution in [0.5, 0.6) is 0 Å². The minimum Gasteiger partial charge on any atom is -0.326 e. The van der Waals surface area contributed by atoms with Gasteiger partial charge in [0, 0.05) is 24.6 Å². The Bertz CT molecular complexity index is 558. The van der Waals surface area contributed by atoms with Gasteiger partial charge in [-0.3, -0.25) is 0 Å². The Hall–Kier alpha value is -1.82. The molecule has 2 aromatic rings. The summed E-state index contributed by atoms with van der Waals surface area (Å²) in [7, 11) is 0. The summed E-state index contributed by atoms with van der Waals surface area (Å²) in [5.41, 5.74) is 5.39. The third-order valence-corrected chi connectivity index (χ3v) is 2.72. The number of hydrogen-bond acceptors (Lipinski definition) is 2. The molecule has 0 unspecified atom stereocenters. The van der Waals surface area contributed by atoms with Gasteiger partial charge in [0.15, 0.2) is 0 Å². The summed E-state index contributed by atoms with van der Waals surface area (Å²) in [5.74, 6) is 0.706. The van der Waals surface area contributed by atoms with E-state index in [0.29, 0.717) is 11.5 Å². The van der Waals surface area contributed by atoms with Crippen molar-refractivity contribution in [3.05, 3.63) is 47.5 Å². The number of nitrogens with zero attached hydrogens (tertiary/aromatic N) is 2. The third kappa shape index (κ3) is 2.24. The molecule has 0 aliphatic heterocycles. The van der Waals surface area contributed by atoms with Crippen LogP contribution in [-0.4, -0.2) is 9.55 Å². The van der Waals surface area contributed by atoms with Crippen LogP contribution in [0.3, 0.4) is 0 Å². The number of aromatic nitrogens is 2. The van der Waals surface area contributed by atoms with Crippen molar-refractivity contribution in [2.75, 3.05) is 0 Å². The van der Waals surface area contributed by atoms with Crippen LogP contribution in [0.4, 0.5) is 13.2 Å². The van der Waals surface area contributed by atoms with Gasteiger partial charge in [0.2, 0.25) is 0 Å². The van der Waals surface area contributed by atoms with E-state index in [9.17, 15) is 13.2 Å². The first kappa shape index (κ1) is 12.6. The molecule has 0 spiro atoms. The van der Waals surface area contributed by atoms with Gasteiger partial charge in [-0.2, -0.15) is 13.2 Å². The van der Waals surface area contributed by atoms with Gasteiger partial charge in [-0.1, -0.05) is 0 Å². The van der Waals surface area contributed by atoms with Crippen molar-refractivity contribution in [3.63, 3.8) is 0 Å². The molecular formula is C12H12F3N3. The van der Waals surface area contributed by atoms with E-state index in [1.165, 1.54) is 12.1 Å². The summed E-state index contributed by atoms with van der Waals surface area (Å²) in [6.45, 7) is 1.62. The van der Waals surface area contributed by atoms with E-state index in [1.54, 1.807) is 23.9 Å².